The zero-order valence-electron chi connectivity index (χ0n) is 25.1. The number of halogens is 2. The van der Waals surface area contributed by atoms with Crippen LogP contribution in [0.5, 0.6) is 11.5 Å². The van der Waals surface area contributed by atoms with Gasteiger partial charge in [0.1, 0.15) is 11.6 Å². The highest BCUT2D eigenvalue weighted by molar-refractivity contribution is 5.75. The highest BCUT2D eigenvalue weighted by Gasteiger charge is 2.35. The van der Waals surface area contributed by atoms with E-state index in [-0.39, 0.29) is 23.5 Å². The van der Waals surface area contributed by atoms with Gasteiger partial charge in [0.25, 0.3) is 0 Å². The standard InChI is InChI=1S/C34H42F2N4O3/c1-42-32-12-6-8-27(34(32)43-2)24-38-16-15-30(39-17-19-40(20-18-39)31-11-4-3-10-29(31)36)26(23-38)13-14-33(41)37-22-25-7-5-9-28(35)21-25/h3-12,21,26,30H,13-20,22-24H2,1-2H3,(H,37,41)/t26-,30+/m0/s1. The predicted octanol–water partition coefficient (Wildman–Crippen LogP) is 5.09. The number of piperazine rings is 1. The van der Waals surface area contributed by atoms with Crippen LogP contribution in [-0.4, -0.2) is 75.2 Å². The summed E-state index contributed by atoms with van der Waals surface area (Å²) in [5.41, 5.74) is 2.48. The lowest BCUT2D eigenvalue weighted by Gasteiger charge is -2.47. The first-order chi connectivity index (χ1) is 20.9. The number of nitrogens with zero attached hydrogens (tertiary/aromatic N) is 3. The number of anilines is 1. The summed E-state index contributed by atoms with van der Waals surface area (Å²) in [6.45, 7) is 6.07. The van der Waals surface area contributed by atoms with Crippen molar-refractivity contribution in [3.8, 4) is 11.5 Å². The van der Waals surface area contributed by atoms with Crippen molar-refractivity contribution >= 4 is 11.6 Å². The second kappa shape index (κ2) is 14.7. The molecule has 0 bridgehead atoms. The highest BCUT2D eigenvalue weighted by atomic mass is 19.1. The third kappa shape index (κ3) is 7.83. The predicted molar refractivity (Wildman–Crippen MR) is 164 cm³/mol. The Bertz CT molecular complexity index is 1360. The van der Waals surface area contributed by atoms with Crippen molar-refractivity contribution in [1.82, 2.24) is 15.1 Å². The van der Waals surface area contributed by atoms with Gasteiger partial charge in [-0.05, 0) is 61.2 Å². The van der Waals surface area contributed by atoms with Gasteiger partial charge < -0.3 is 19.7 Å². The molecule has 0 saturated carbocycles. The van der Waals surface area contributed by atoms with E-state index in [4.69, 9.17) is 9.47 Å². The van der Waals surface area contributed by atoms with E-state index >= 15 is 0 Å². The topological polar surface area (TPSA) is 57.3 Å². The van der Waals surface area contributed by atoms with Crippen molar-refractivity contribution in [3.63, 3.8) is 0 Å². The maximum Gasteiger partial charge on any atom is 0.220 e. The average molecular weight is 593 g/mol. The maximum absolute atomic E-state index is 14.4. The number of ether oxygens (including phenoxy) is 2. The summed E-state index contributed by atoms with van der Waals surface area (Å²) < 4.78 is 39.2. The Kier molecular flexibility index (Phi) is 10.5. The largest absolute Gasteiger partial charge is 0.493 e. The first-order valence-electron chi connectivity index (χ1n) is 15.1. The van der Waals surface area contributed by atoms with E-state index in [0.29, 0.717) is 30.4 Å². The molecule has 2 aliphatic heterocycles. The number of rotatable bonds is 11. The molecule has 9 heteroatoms. The van der Waals surface area contributed by atoms with Crippen LogP contribution in [0, 0.1) is 17.6 Å². The molecule has 2 atom stereocenters. The van der Waals surface area contributed by atoms with Crippen molar-refractivity contribution < 1.29 is 23.0 Å². The van der Waals surface area contributed by atoms with Crippen molar-refractivity contribution in [3.05, 3.63) is 89.5 Å². The summed E-state index contributed by atoms with van der Waals surface area (Å²) in [4.78, 5) is 20.0. The Morgan fingerprint density at radius 3 is 2.47 bits per heavy atom. The minimum absolute atomic E-state index is 0.0287. The lowest BCUT2D eigenvalue weighted by molar-refractivity contribution is -0.121. The molecule has 0 aliphatic carbocycles. The number of piperidine rings is 1. The van der Waals surface area contributed by atoms with Crippen LogP contribution in [0.25, 0.3) is 0 Å². The first-order valence-corrected chi connectivity index (χ1v) is 15.1. The number of para-hydroxylation sites is 2. The Labute approximate surface area is 253 Å². The summed E-state index contributed by atoms with van der Waals surface area (Å²) in [6.07, 6.45) is 2.14. The monoisotopic (exact) mass is 592 g/mol. The zero-order chi connectivity index (χ0) is 30.2. The van der Waals surface area contributed by atoms with Crippen molar-refractivity contribution in [2.75, 3.05) is 58.4 Å². The Morgan fingerprint density at radius 1 is 0.930 bits per heavy atom. The fourth-order valence-corrected chi connectivity index (χ4v) is 6.58. The number of hydrogen-bond donors (Lipinski definition) is 1. The van der Waals surface area contributed by atoms with Crippen LogP contribution in [0.15, 0.2) is 66.7 Å². The van der Waals surface area contributed by atoms with E-state index in [1.807, 2.05) is 30.3 Å². The van der Waals surface area contributed by atoms with Crippen LogP contribution < -0.4 is 19.7 Å². The fourth-order valence-electron chi connectivity index (χ4n) is 6.58. The van der Waals surface area contributed by atoms with Gasteiger partial charge in [-0.15, -0.1) is 0 Å². The van der Waals surface area contributed by atoms with Crippen LogP contribution in [0.2, 0.25) is 0 Å². The minimum Gasteiger partial charge on any atom is -0.493 e. The molecule has 0 spiro atoms. The van der Waals surface area contributed by atoms with Gasteiger partial charge in [-0.3, -0.25) is 14.6 Å². The number of benzene rings is 3. The van der Waals surface area contributed by atoms with Crippen LogP contribution in [0.3, 0.4) is 0 Å². The van der Waals surface area contributed by atoms with Gasteiger partial charge in [-0.2, -0.15) is 0 Å². The Morgan fingerprint density at radius 2 is 1.72 bits per heavy atom. The molecule has 1 N–H and O–H groups in total. The second-order valence-corrected chi connectivity index (χ2v) is 11.4. The quantitative estimate of drug-likeness (QED) is 0.335. The smallest absolute Gasteiger partial charge is 0.220 e. The van der Waals surface area contributed by atoms with Gasteiger partial charge in [0.05, 0.1) is 19.9 Å². The van der Waals surface area contributed by atoms with Crippen LogP contribution >= 0.6 is 0 Å². The SMILES string of the molecule is COc1cccc(CN2CC[C@@H](N3CCN(c4ccccc4F)CC3)[C@@H](CCC(=O)NCc3cccc(F)c3)C2)c1OC. The van der Waals surface area contributed by atoms with Gasteiger partial charge in [-0.1, -0.05) is 36.4 Å². The molecule has 2 fully saturated rings. The van der Waals surface area contributed by atoms with Crippen molar-refractivity contribution in [1.29, 1.82) is 0 Å². The van der Waals surface area contributed by atoms with E-state index in [2.05, 4.69) is 26.1 Å². The second-order valence-electron chi connectivity index (χ2n) is 11.4. The summed E-state index contributed by atoms with van der Waals surface area (Å²) in [7, 11) is 3.31. The highest BCUT2D eigenvalue weighted by Crippen LogP contribution is 2.34. The van der Waals surface area contributed by atoms with Crippen LogP contribution in [0.4, 0.5) is 14.5 Å². The average Bonchev–Trinajstić information content (AvgIpc) is 3.03. The lowest BCUT2D eigenvalue weighted by atomic mass is 9.86. The summed E-state index contributed by atoms with van der Waals surface area (Å²) in [6, 6.07) is 19.6. The molecular formula is C34H42F2N4O3. The molecule has 230 valence electrons. The van der Waals surface area contributed by atoms with Gasteiger partial charge in [0, 0.05) is 63.8 Å². The number of amides is 1. The third-order valence-electron chi connectivity index (χ3n) is 8.75. The fraction of sp³-hybridized carbons (Fsp3) is 0.441. The molecular weight excluding hydrogens is 550 g/mol. The molecule has 3 aromatic rings. The Balaban J connectivity index is 1.24. The third-order valence-corrected chi connectivity index (χ3v) is 8.75. The molecule has 5 rings (SSSR count). The summed E-state index contributed by atoms with van der Waals surface area (Å²) in [5.74, 6) is 1.24. The first kappa shape index (κ1) is 30.8. The van der Waals surface area contributed by atoms with E-state index in [0.717, 1.165) is 75.5 Å². The molecule has 2 saturated heterocycles. The van der Waals surface area contributed by atoms with Crippen LogP contribution in [-0.2, 0) is 17.9 Å². The molecule has 0 unspecified atom stereocenters. The van der Waals surface area contributed by atoms with E-state index in [9.17, 15) is 13.6 Å². The maximum atomic E-state index is 14.4. The Hall–Kier alpha value is -3.69. The normalized spacial score (nSPS) is 19.7. The van der Waals surface area contributed by atoms with Crippen molar-refractivity contribution in [2.24, 2.45) is 5.92 Å². The van der Waals surface area contributed by atoms with Gasteiger partial charge in [-0.25, -0.2) is 8.78 Å². The number of methoxy groups -OCH3 is 2. The molecule has 0 radical (unpaired) electrons. The van der Waals surface area contributed by atoms with E-state index in [1.165, 1.54) is 18.2 Å². The summed E-state index contributed by atoms with van der Waals surface area (Å²) >= 11 is 0. The van der Waals surface area contributed by atoms with Gasteiger partial charge >= 0.3 is 0 Å². The minimum atomic E-state index is -0.306. The number of hydrogen-bond acceptors (Lipinski definition) is 6. The molecule has 2 aliphatic rings. The van der Waals surface area contributed by atoms with Gasteiger partial charge in [0.2, 0.25) is 5.91 Å². The zero-order valence-corrected chi connectivity index (χ0v) is 25.1. The molecule has 3 aromatic carbocycles. The molecule has 7 nitrogen and oxygen atoms in total. The van der Waals surface area contributed by atoms with E-state index < -0.39 is 0 Å². The molecule has 2 heterocycles. The number of carbonyl (C=O) groups is 1. The molecule has 0 aromatic heterocycles. The number of likely N-dealkylation sites (tertiary alicyclic amines) is 1. The number of carbonyl (C=O) groups excluding carboxylic acids is 1. The van der Waals surface area contributed by atoms with Crippen LogP contribution in [0.1, 0.15) is 30.4 Å². The lowest BCUT2D eigenvalue weighted by Crippen LogP contribution is -2.56. The number of nitrogens with one attached hydrogen (secondary N) is 1. The van der Waals surface area contributed by atoms with E-state index in [1.54, 1.807) is 26.4 Å². The summed E-state index contributed by atoms with van der Waals surface area (Å²) in [5, 5.41) is 2.96. The molecule has 43 heavy (non-hydrogen) atoms. The van der Waals surface area contributed by atoms with Gasteiger partial charge in [0.15, 0.2) is 11.5 Å². The molecule has 1 amide bonds. The van der Waals surface area contributed by atoms with Crippen molar-refractivity contribution in [2.45, 2.75) is 38.4 Å².